The minimum atomic E-state index is -1.22. The Bertz CT molecular complexity index is 825. The van der Waals surface area contributed by atoms with Gasteiger partial charge >= 0.3 is 6.03 Å². The first-order valence-electron chi connectivity index (χ1n) is 7.20. The lowest BCUT2D eigenvalue weighted by molar-refractivity contribution is -0.132. The van der Waals surface area contributed by atoms with E-state index in [1.165, 1.54) is 0 Å². The van der Waals surface area contributed by atoms with Gasteiger partial charge in [0.25, 0.3) is 11.8 Å². The molecule has 0 radical (unpaired) electrons. The SMILES string of the molecule is CC1(c2ccccc2)NC(=O)N(NC(=O)c2cccc(Br)c2)C1=O. The van der Waals surface area contributed by atoms with Crippen LogP contribution in [-0.4, -0.2) is 22.9 Å². The first-order chi connectivity index (χ1) is 11.4. The Balaban J connectivity index is 1.84. The Labute approximate surface area is 146 Å². The molecule has 4 amide bonds. The van der Waals surface area contributed by atoms with E-state index < -0.39 is 23.4 Å². The fraction of sp³-hybridized carbons (Fsp3) is 0.118. The molecular weight excluding hydrogens is 374 g/mol. The van der Waals surface area contributed by atoms with Crippen molar-refractivity contribution in [2.24, 2.45) is 0 Å². The fourth-order valence-electron chi connectivity index (χ4n) is 2.50. The molecule has 2 aromatic rings. The lowest BCUT2D eigenvalue weighted by Crippen LogP contribution is -2.47. The summed E-state index contributed by atoms with van der Waals surface area (Å²) in [5.74, 6) is -1.08. The van der Waals surface area contributed by atoms with Crippen molar-refractivity contribution in [2.75, 3.05) is 0 Å². The third-order valence-electron chi connectivity index (χ3n) is 3.84. The molecule has 3 rings (SSSR count). The summed E-state index contributed by atoms with van der Waals surface area (Å²) in [7, 11) is 0. The predicted octanol–water partition coefficient (Wildman–Crippen LogP) is 2.56. The van der Waals surface area contributed by atoms with E-state index in [1.807, 2.05) is 6.07 Å². The van der Waals surface area contributed by atoms with Crippen LogP contribution in [0.2, 0.25) is 0 Å². The van der Waals surface area contributed by atoms with E-state index in [4.69, 9.17) is 0 Å². The number of benzene rings is 2. The number of hydrogen-bond donors (Lipinski definition) is 2. The molecule has 1 unspecified atom stereocenters. The molecule has 2 aromatic carbocycles. The van der Waals surface area contributed by atoms with E-state index in [0.29, 0.717) is 11.1 Å². The topological polar surface area (TPSA) is 78.5 Å². The summed E-state index contributed by atoms with van der Waals surface area (Å²) in [6, 6.07) is 14.9. The average molecular weight is 388 g/mol. The van der Waals surface area contributed by atoms with Crippen molar-refractivity contribution >= 4 is 33.8 Å². The molecule has 122 valence electrons. The van der Waals surface area contributed by atoms with Gasteiger partial charge in [-0.05, 0) is 30.7 Å². The number of hydrazine groups is 1. The van der Waals surface area contributed by atoms with Crippen molar-refractivity contribution in [1.29, 1.82) is 0 Å². The van der Waals surface area contributed by atoms with Gasteiger partial charge in [0.05, 0.1) is 0 Å². The van der Waals surface area contributed by atoms with Crippen LogP contribution >= 0.6 is 15.9 Å². The molecule has 6 nitrogen and oxygen atoms in total. The van der Waals surface area contributed by atoms with Crippen molar-refractivity contribution in [3.8, 4) is 0 Å². The lowest BCUT2D eigenvalue weighted by Gasteiger charge is -2.22. The van der Waals surface area contributed by atoms with Crippen molar-refractivity contribution in [3.63, 3.8) is 0 Å². The summed E-state index contributed by atoms with van der Waals surface area (Å²) in [4.78, 5) is 37.2. The second-order valence-corrected chi connectivity index (χ2v) is 6.43. The van der Waals surface area contributed by atoms with Crippen molar-refractivity contribution in [2.45, 2.75) is 12.5 Å². The second-order valence-electron chi connectivity index (χ2n) is 5.51. The Morgan fingerprint density at radius 1 is 1.12 bits per heavy atom. The predicted molar refractivity (Wildman–Crippen MR) is 90.8 cm³/mol. The minimum absolute atomic E-state index is 0.332. The molecule has 24 heavy (non-hydrogen) atoms. The lowest BCUT2D eigenvalue weighted by atomic mass is 9.92. The number of carbonyl (C=O) groups excluding carboxylic acids is 3. The summed E-state index contributed by atoms with van der Waals surface area (Å²) >= 11 is 3.28. The van der Waals surface area contributed by atoms with Crippen LogP contribution in [0.4, 0.5) is 4.79 Å². The second kappa shape index (κ2) is 6.09. The third-order valence-corrected chi connectivity index (χ3v) is 4.34. The highest BCUT2D eigenvalue weighted by molar-refractivity contribution is 9.10. The van der Waals surface area contributed by atoms with Gasteiger partial charge in [-0.1, -0.05) is 52.3 Å². The van der Waals surface area contributed by atoms with Crippen LogP contribution in [0.3, 0.4) is 0 Å². The van der Waals surface area contributed by atoms with Crippen LogP contribution in [0.15, 0.2) is 59.1 Å². The zero-order valence-electron chi connectivity index (χ0n) is 12.7. The number of urea groups is 1. The number of amides is 4. The third kappa shape index (κ3) is 2.78. The van der Waals surface area contributed by atoms with E-state index in [1.54, 1.807) is 55.5 Å². The minimum Gasteiger partial charge on any atom is -0.318 e. The summed E-state index contributed by atoms with van der Waals surface area (Å²) in [5, 5.41) is 3.35. The molecule has 0 saturated carbocycles. The maximum Gasteiger partial charge on any atom is 0.344 e. The highest BCUT2D eigenvalue weighted by Crippen LogP contribution is 2.27. The molecule has 1 atom stereocenters. The Kier molecular flexibility index (Phi) is 4.11. The standard InChI is InChI=1S/C17H14BrN3O3/c1-17(12-7-3-2-4-8-12)15(23)21(16(24)19-17)20-14(22)11-6-5-9-13(18)10-11/h2-10H,1H3,(H,19,24)(H,20,22). The van der Waals surface area contributed by atoms with Crippen LogP contribution in [0.5, 0.6) is 0 Å². The van der Waals surface area contributed by atoms with E-state index in [0.717, 1.165) is 9.48 Å². The molecule has 1 aliphatic rings. The molecule has 0 spiro atoms. The Morgan fingerprint density at radius 3 is 2.50 bits per heavy atom. The van der Waals surface area contributed by atoms with Gasteiger partial charge in [0.2, 0.25) is 0 Å². The molecule has 1 heterocycles. The average Bonchev–Trinajstić information content (AvgIpc) is 2.80. The number of halogens is 1. The number of nitrogens with zero attached hydrogens (tertiary/aromatic N) is 1. The zero-order valence-corrected chi connectivity index (χ0v) is 14.3. The summed E-state index contributed by atoms with van der Waals surface area (Å²) in [5.41, 5.74) is 2.11. The van der Waals surface area contributed by atoms with Gasteiger partial charge in [-0.25, -0.2) is 4.79 Å². The monoisotopic (exact) mass is 387 g/mol. The van der Waals surface area contributed by atoms with Crippen LogP contribution < -0.4 is 10.7 Å². The van der Waals surface area contributed by atoms with Gasteiger partial charge in [-0.15, -0.1) is 0 Å². The molecule has 2 N–H and O–H groups in total. The Hall–Kier alpha value is -2.67. The van der Waals surface area contributed by atoms with Gasteiger partial charge in [-0.3, -0.25) is 15.0 Å². The summed E-state index contributed by atoms with van der Waals surface area (Å²) < 4.78 is 0.724. The van der Waals surface area contributed by atoms with Crippen LogP contribution in [-0.2, 0) is 10.3 Å². The number of imide groups is 1. The molecule has 0 aliphatic carbocycles. The van der Waals surface area contributed by atoms with Crippen LogP contribution in [0, 0.1) is 0 Å². The molecule has 0 bridgehead atoms. The maximum absolute atomic E-state index is 12.7. The van der Waals surface area contributed by atoms with Crippen LogP contribution in [0.1, 0.15) is 22.8 Å². The highest BCUT2D eigenvalue weighted by atomic mass is 79.9. The molecule has 0 aromatic heterocycles. The summed E-state index contributed by atoms with van der Waals surface area (Å²) in [6.45, 7) is 1.60. The van der Waals surface area contributed by atoms with Crippen molar-refractivity contribution in [3.05, 3.63) is 70.2 Å². The van der Waals surface area contributed by atoms with Gasteiger partial charge in [-0.2, -0.15) is 5.01 Å². The van der Waals surface area contributed by atoms with E-state index >= 15 is 0 Å². The molecular formula is C17H14BrN3O3. The zero-order chi connectivity index (χ0) is 17.3. The van der Waals surface area contributed by atoms with Crippen molar-refractivity contribution in [1.82, 2.24) is 15.8 Å². The molecule has 1 fully saturated rings. The molecule has 1 saturated heterocycles. The van der Waals surface area contributed by atoms with E-state index in [9.17, 15) is 14.4 Å². The largest absolute Gasteiger partial charge is 0.344 e. The Morgan fingerprint density at radius 2 is 1.83 bits per heavy atom. The van der Waals surface area contributed by atoms with Gasteiger partial charge in [0, 0.05) is 10.0 Å². The van der Waals surface area contributed by atoms with Gasteiger partial charge < -0.3 is 5.32 Å². The van der Waals surface area contributed by atoms with Gasteiger partial charge in [0.1, 0.15) is 5.54 Å². The first kappa shape index (κ1) is 16.2. The fourth-order valence-corrected chi connectivity index (χ4v) is 2.90. The number of rotatable bonds is 3. The van der Waals surface area contributed by atoms with Crippen molar-refractivity contribution < 1.29 is 14.4 Å². The van der Waals surface area contributed by atoms with Crippen LogP contribution in [0.25, 0.3) is 0 Å². The highest BCUT2D eigenvalue weighted by Gasteiger charge is 2.50. The van der Waals surface area contributed by atoms with E-state index in [2.05, 4.69) is 26.7 Å². The summed E-state index contributed by atoms with van der Waals surface area (Å²) in [6.07, 6.45) is 0. The van der Waals surface area contributed by atoms with Gasteiger partial charge in [0.15, 0.2) is 0 Å². The first-order valence-corrected chi connectivity index (χ1v) is 8.00. The normalized spacial score (nSPS) is 20.0. The number of hydrogen-bond acceptors (Lipinski definition) is 3. The number of carbonyl (C=O) groups is 3. The quantitative estimate of drug-likeness (QED) is 0.794. The maximum atomic E-state index is 12.7. The number of nitrogens with one attached hydrogen (secondary N) is 2. The molecule has 7 heteroatoms. The molecule has 1 aliphatic heterocycles. The smallest absolute Gasteiger partial charge is 0.318 e. The van der Waals surface area contributed by atoms with E-state index in [-0.39, 0.29) is 0 Å².